The van der Waals surface area contributed by atoms with Gasteiger partial charge in [0, 0.05) is 44.0 Å². The third-order valence-electron chi connectivity index (χ3n) is 5.74. The molecule has 1 saturated heterocycles. The van der Waals surface area contributed by atoms with Crippen molar-refractivity contribution in [1.82, 2.24) is 14.9 Å². The van der Waals surface area contributed by atoms with Gasteiger partial charge in [-0.05, 0) is 30.7 Å². The Morgan fingerprint density at radius 2 is 1.88 bits per heavy atom. The van der Waals surface area contributed by atoms with E-state index in [1.54, 1.807) is 18.6 Å². The van der Waals surface area contributed by atoms with Gasteiger partial charge in [0.1, 0.15) is 29.5 Å². The Balaban J connectivity index is 1.33. The lowest BCUT2D eigenvalue weighted by molar-refractivity contribution is 0.0746. The summed E-state index contributed by atoms with van der Waals surface area (Å²) in [5.41, 5.74) is 2.39. The van der Waals surface area contributed by atoms with Crippen molar-refractivity contribution >= 4 is 22.7 Å². The molecule has 0 unspecified atom stereocenters. The summed E-state index contributed by atoms with van der Waals surface area (Å²) in [7, 11) is 0. The van der Waals surface area contributed by atoms with Crippen LogP contribution in [0.25, 0.3) is 11.0 Å². The van der Waals surface area contributed by atoms with E-state index in [2.05, 4.69) is 14.9 Å². The van der Waals surface area contributed by atoms with E-state index >= 15 is 0 Å². The number of furan rings is 1. The number of anilines is 1. The maximum Gasteiger partial charge on any atom is 0.258 e. The molecule has 2 aromatic heterocycles. The van der Waals surface area contributed by atoms with Gasteiger partial charge in [-0.2, -0.15) is 0 Å². The summed E-state index contributed by atoms with van der Waals surface area (Å²) < 4.78 is 11.9. The van der Waals surface area contributed by atoms with Crippen LogP contribution < -0.4 is 9.64 Å². The van der Waals surface area contributed by atoms with Gasteiger partial charge >= 0.3 is 0 Å². The molecule has 7 heteroatoms. The molecular weight excluding hydrogens is 404 g/mol. The monoisotopic (exact) mass is 428 g/mol. The van der Waals surface area contributed by atoms with Crippen molar-refractivity contribution in [2.24, 2.45) is 0 Å². The lowest BCUT2D eigenvalue weighted by Crippen LogP contribution is -2.49. The van der Waals surface area contributed by atoms with Crippen LogP contribution in [-0.2, 0) is 6.61 Å². The number of aryl methyl sites for hydroxylation is 1. The van der Waals surface area contributed by atoms with Crippen molar-refractivity contribution in [1.29, 1.82) is 0 Å². The van der Waals surface area contributed by atoms with Crippen molar-refractivity contribution in [3.05, 3.63) is 84.0 Å². The Morgan fingerprint density at radius 1 is 1.06 bits per heavy atom. The Labute approximate surface area is 186 Å². The second kappa shape index (κ2) is 8.70. The molecule has 4 aromatic rings. The number of fused-ring (bicyclic) bond motifs is 1. The third-order valence-corrected chi connectivity index (χ3v) is 5.74. The fraction of sp³-hybridized carbons (Fsp3) is 0.240. The number of nitrogens with zero attached hydrogens (tertiary/aromatic N) is 4. The zero-order valence-electron chi connectivity index (χ0n) is 17.9. The lowest BCUT2D eigenvalue weighted by Gasteiger charge is -2.35. The van der Waals surface area contributed by atoms with Crippen molar-refractivity contribution in [3.63, 3.8) is 0 Å². The van der Waals surface area contributed by atoms with E-state index in [-0.39, 0.29) is 5.91 Å². The fourth-order valence-electron chi connectivity index (χ4n) is 4.05. The van der Waals surface area contributed by atoms with Gasteiger partial charge in [0.05, 0.1) is 11.8 Å². The summed E-state index contributed by atoms with van der Waals surface area (Å²) in [6.07, 6.45) is 5.10. The van der Waals surface area contributed by atoms with Gasteiger partial charge in [-0.3, -0.25) is 9.78 Å². The highest BCUT2D eigenvalue weighted by molar-refractivity contribution is 6.07. The normalized spacial score (nSPS) is 14.0. The molecule has 7 nitrogen and oxygen atoms in total. The van der Waals surface area contributed by atoms with Crippen LogP contribution in [0.4, 0.5) is 5.82 Å². The minimum atomic E-state index is -0.0137. The maximum absolute atomic E-state index is 13.4. The van der Waals surface area contributed by atoms with Gasteiger partial charge in [0.15, 0.2) is 0 Å². The van der Waals surface area contributed by atoms with Gasteiger partial charge < -0.3 is 19.0 Å². The van der Waals surface area contributed by atoms with Gasteiger partial charge in [0.25, 0.3) is 5.91 Å². The average molecular weight is 428 g/mol. The number of benzene rings is 2. The zero-order valence-corrected chi connectivity index (χ0v) is 17.9. The minimum absolute atomic E-state index is 0.0137. The highest BCUT2D eigenvalue weighted by Gasteiger charge is 2.27. The Morgan fingerprint density at radius 3 is 2.62 bits per heavy atom. The molecule has 1 fully saturated rings. The van der Waals surface area contributed by atoms with Crippen molar-refractivity contribution < 1.29 is 13.9 Å². The number of piperazine rings is 1. The molecule has 2 aromatic carbocycles. The van der Waals surface area contributed by atoms with Gasteiger partial charge in [-0.15, -0.1) is 0 Å². The van der Waals surface area contributed by atoms with E-state index < -0.39 is 0 Å². The second-order valence-corrected chi connectivity index (χ2v) is 7.81. The first kappa shape index (κ1) is 20.1. The average Bonchev–Trinajstić information content (AvgIpc) is 3.18. The van der Waals surface area contributed by atoms with Gasteiger partial charge in [-0.1, -0.05) is 30.3 Å². The first-order valence-corrected chi connectivity index (χ1v) is 10.7. The molecule has 0 aliphatic carbocycles. The predicted molar refractivity (Wildman–Crippen MR) is 122 cm³/mol. The van der Waals surface area contributed by atoms with Gasteiger partial charge in [-0.25, -0.2) is 4.98 Å². The smallest absolute Gasteiger partial charge is 0.258 e. The summed E-state index contributed by atoms with van der Waals surface area (Å²) >= 11 is 0. The van der Waals surface area contributed by atoms with E-state index in [1.165, 1.54) is 0 Å². The van der Waals surface area contributed by atoms with Crippen molar-refractivity contribution in [3.8, 4) is 5.75 Å². The molecule has 0 spiro atoms. The molecule has 3 heterocycles. The largest absolute Gasteiger partial charge is 0.489 e. The van der Waals surface area contributed by atoms with Crippen molar-refractivity contribution in [2.45, 2.75) is 13.5 Å². The quantitative estimate of drug-likeness (QED) is 0.477. The number of hydrogen-bond acceptors (Lipinski definition) is 6. The number of aromatic nitrogens is 2. The molecule has 1 aliphatic rings. The molecule has 0 radical (unpaired) electrons. The standard InChI is InChI=1S/C25H24N4O3/c1-18-24(25(30)29-13-11-28(12-14-29)23-16-26-9-10-27-23)21-15-20(7-8-22(21)32-18)31-17-19-5-3-2-4-6-19/h2-10,15-16H,11-14,17H2,1H3. The van der Waals surface area contributed by atoms with Gasteiger partial charge in [0.2, 0.25) is 0 Å². The van der Waals surface area contributed by atoms with Crippen LogP contribution in [0.2, 0.25) is 0 Å². The Kier molecular flexibility index (Phi) is 5.46. The molecular formula is C25H24N4O3. The topological polar surface area (TPSA) is 71.7 Å². The molecule has 0 saturated carbocycles. The number of carbonyl (C=O) groups is 1. The second-order valence-electron chi connectivity index (χ2n) is 7.81. The zero-order chi connectivity index (χ0) is 21.9. The number of hydrogen-bond donors (Lipinski definition) is 0. The van der Waals surface area contributed by atoms with E-state index in [4.69, 9.17) is 9.15 Å². The van der Waals surface area contributed by atoms with Crippen LogP contribution in [0, 0.1) is 6.92 Å². The maximum atomic E-state index is 13.4. The minimum Gasteiger partial charge on any atom is -0.489 e. The summed E-state index contributed by atoms with van der Waals surface area (Å²) in [6, 6.07) is 15.6. The predicted octanol–water partition coefficient (Wildman–Crippen LogP) is 4.07. The number of rotatable bonds is 5. The highest BCUT2D eigenvalue weighted by Crippen LogP contribution is 2.31. The first-order valence-electron chi connectivity index (χ1n) is 10.7. The highest BCUT2D eigenvalue weighted by atomic mass is 16.5. The number of carbonyl (C=O) groups excluding carboxylic acids is 1. The van der Waals surface area contributed by atoms with Crippen LogP contribution in [0.15, 0.2) is 71.5 Å². The molecule has 32 heavy (non-hydrogen) atoms. The van der Waals surface area contributed by atoms with Crippen LogP contribution >= 0.6 is 0 Å². The molecule has 162 valence electrons. The SMILES string of the molecule is Cc1oc2ccc(OCc3ccccc3)cc2c1C(=O)N1CCN(c2cnccn2)CC1. The fourth-order valence-corrected chi connectivity index (χ4v) is 4.05. The Hall–Kier alpha value is -3.87. The molecule has 1 aliphatic heterocycles. The third kappa shape index (κ3) is 4.01. The summed E-state index contributed by atoms with van der Waals surface area (Å²) in [5.74, 6) is 2.16. The van der Waals surface area contributed by atoms with E-state index in [0.29, 0.717) is 55.4 Å². The van der Waals surface area contributed by atoms with Crippen LogP contribution in [-0.4, -0.2) is 47.0 Å². The summed E-state index contributed by atoms with van der Waals surface area (Å²) in [4.78, 5) is 25.9. The van der Waals surface area contributed by atoms with Crippen LogP contribution in [0.3, 0.4) is 0 Å². The summed E-state index contributed by atoms with van der Waals surface area (Å²) in [5, 5.41) is 0.786. The first-order chi connectivity index (χ1) is 15.7. The summed E-state index contributed by atoms with van der Waals surface area (Å²) in [6.45, 7) is 4.97. The molecule has 0 N–H and O–H groups in total. The Bertz CT molecular complexity index is 1220. The number of amides is 1. The molecule has 1 amide bonds. The van der Waals surface area contributed by atoms with E-state index in [0.717, 1.165) is 16.8 Å². The van der Waals surface area contributed by atoms with E-state index in [1.807, 2.05) is 60.4 Å². The number of ether oxygens (including phenoxy) is 1. The molecule has 5 rings (SSSR count). The lowest BCUT2D eigenvalue weighted by atomic mass is 10.1. The van der Waals surface area contributed by atoms with Crippen molar-refractivity contribution in [2.75, 3.05) is 31.1 Å². The van der Waals surface area contributed by atoms with Crippen LogP contribution in [0.1, 0.15) is 21.7 Å². The van der Waals surface area contributed by atoms with Crippen LogP contribution in [0.5, 0.6) is 5.75 Å². The molecule has 0 bridgehead atoms. The molecule has 0 atom stereocenters. The van der Waals surface area contributed by atoms with E-state index in [9.17, 15) is 4.79 Å².